The molecule has 4 nitrogen and oxygen atoms in total. The maximum atomic E-state index is 10.4. The average Bonchev–Trinajstić information content (AvgIpc) is 2.24. The number of hydrogen-bond acceptors (Lipinski definition) is 4. The quantitative estimate of drug-likeness (QED) is 0.530. The Labute approximate surface area is 168 Å². The van der Waals surface area contributed by atoms with Crippen molar-refractivity contribution in [2.45, 2.75) is 118 Å². The molecule has 0 bridgehead atoms. The van der Waals surface area contributed by atoms with Gasteiger partial charge in [0.15, 0.2) is 8.32 Å². The van der Waals surface area contributed by atoms with Crippen LogP contribution < -0.4 is 0 Å². The summed E-state index contributed by atoms with van der Waals surface area (Å²) < 4.78 is 0. The summed E-state index contributed by atoms with van der Waals surface area (Å²) >= 11 is 0. The topological polar surface area (TPSA) is 80.9 Å². The van der Waals surface area contributed by atoms with Gasteiger partial charge in [-0.05, 0) is 58.2 Å². The fourth-order valence-electron chi connectivity index (χ4n) is 2.00. The van der Waals surface area contributed by atoms with E-state index in [2.05, 4.69) is 41.5 Å². The van der Waals surface area contributed by atoms with Gasteiger partial charge in [0.1, 0.15) is 0 Å². The van der Waals surface area contributed by atoms with Crippen molar-refractivity contribution in [1.82, 2.24) is 0 Å². The third-order valence-corrected chi connectivity index (χ3v) is 8.32. The predicted octanol–water partition coefficient (Wildman–Crippen LogP) is 4.31. The molecule has 0 aromatic carbocycles. The second-order valence-electron chi connectivity index (χ2n) is 7.63. The molecule has 4 N–H and O–H groups in total. The van der Waals surface area contributed by atoms with Crippen LogP contribution in [0.5, 0.6) is 0 Å². The first-order valence-corrected chi connectivity index (χ1v) is 11.0. The third kappa shape index (κ3) is 30.6. The van der Waals surface area contributed by atoms with Crippen LogP contribution in [-0.4, -0.2) is 46.7 Å². The van der Waals surface area contributed by atoms with Crippen molar-refractivity contribution < 1.29 is 41.8 Å². The Morgan fingerprint density at radius 3 is 0.542 bits per heavy atom. The van der Waals surface area contributed by atoms with E-state index in [1.54, 1.807) is 41.5 Å². The Hall–Kier alpha value is 0.771. The molecule has 6 heteroatoms. The van der Waals surface area contributed by atoms with Gasteiger partial charge in [-0.2, -0.15) is 0 Å². The molecule has 0 radical (unpaired) electrons. The fraction of sp³-hybridized carbons (Fsp3) is 1.00. The second kappa shape index (κ2) is 20.1. The molecular weight excluding hydrogens is 356 g/mol. The normalized spacial score (nSPS) is 10.8. The minimum Gasteiger partial charge on any atom is -0.431 e. The van der Waals surface area contributed by atoms with Gasteiger partial charge in [0.25, 0.3) is 0 Å². The van der Waals surface area contributed by atoms with Gasteiger partial charge in [0.05, 0.1) is 0 Å². The molecule has 0 fully saturated rings. The van der Waals surface area contributed by atoms with E-state index in [9.17, 15) is 4.80 Å². The van der Waals surface area contributed by atoms with E-state index in [1.165, 1.54) is 0 Å². The zero-order valence-electron chi connectivity index (χ0n) is 18.3. The average molecular weight is 403 g/mol. The van der Waals surface area contributed by atoms with Crippen LogP contribution in [0.4, 0.5) is 0 Å². The third-order valence-electron chi connectivity index (χ3n) is 2.77. The van der Waals surface area contributed by atoms with Crippen LogP contribution in [0.15, 0.2) is 0 Å². The van der Waals surface area contributed by atoms with Gasteiger partial charge < -0.3 is 20.1 Å². The maximum Gasteiger partial charge on any atom is 0.196 e. The van der Waals surface area contributed by atoms with Crippen molar-refractivity contribution in [3.8, 4) is 0 Å². The van der Waals surface area contributed by atoms with Crippen LogP contribution in [0.3, 0.4) is 0 Å². The molecule has 0 aliphatic rings. The fourth-order valence-corrected chi connectivity index (χ4v) is 6.00. The van der Waals surface area contributed by atoms with Gasteiger partial charge in [0.2, 0.25) is 0 Å². The summed E-state index contributed by atoms with van der Waals surface area (Å²) in [5.41, 5.74) is 1.42. The monoisotopic (exact) mass is 402 g/mol. The van der Waals surface area contributed by atoms with E-state index in [4.69, 9.17) is 15.3 Å². The smallest absolute Gasteiger partial charge is 0.196 e. The minimum atomic E-state index is -1.98. The first-order chi connectivity index (χ1) is 10.0. The van der Waals surface area contributed by atoms with E-state index >= 15 is 0 Å². The molecule has 0 unspecified atom stereocenters. The van der Waals surface area contributed by atoms with Crippen LogP contribution in [0.2, 0.25) is 16.6 Å². The molecule has 0 heterocycles. The molecule has 0 amide bonds. The maximum absolute atomic E-state index is 10.4. The Balaban J connectivity index is -0.0000000772. The van der Waals surface area contributed by atoms with Crippen LogP contribution >= 0.6 is 0 Å². The van der Waals surface area contributed by atoms with Gasteiger partial charge in [0, 0.05) is 40.0 Å². The first kappa shape index (κ1) is 35.8. The van der Waals surface area contributed by atoms with Gasteiger partial charge in [-0.1, -0.05) is 41.5 Å². The zero-order chi connectivity index (χ0) is 20.0. The number of hydrogen-bond donors (Lipinski definition) is 4. The van der Waals surface area contributed by atoms with Gasteiger partial charge in [-0.3, -0.25) is 0 Å². The van der Waals surface area contributed by atoms with Gasteiger partial charge >= 0.3 is 0 Å². The van der Waals surface area contributed by atoms with Crippen LogP contribution in [0, 0.1) is 0 Å². The second-order valence-corrected chi connectivity index (χ2v) is 12.9. The summed E-state index contributed by atoms with van der Waals surface area (Å²) in [6, 6.07) is 0. The molecule has 0 aromatic heterocycles. The number of rotatable bonds is 3. The van der Waals surface area contributed by atoms with E-state index in [0.717, 1.165) is 0 Å². The molecule has 0 aromatic rings. The summed E-state index contributed by atoms with van der Waals surface area (Å²) in [4.78, 5) is 10.4. The molecule has 24 heavy (non-hydrogen) atoms. The molecule has 0 atom stereocenters. The van der Waals surface area contributed by atoms with Crippen molar-refractivity contribution in [1.29, 1.82) is 0 Å². The van der Waals surface area contributed by atoms with Crippen molar-refractivity contribution in [2.24, 2.45) is 0 Å². The van der Waals surface area contributed by atoms with Gasteiger partial charge in [-0.15, -0.1) is 0 Å². The van der Waals surface area contributed by atoms with Crippen LogP contribution in [-0.2, 0) is 21.7 Å². The van der Waals surface area contributed by atoms with Gasteiger partial charge in [-0.25, -0.2) is 0 Å². The summed E-state index contributed by atoms with van der Waals surface area (Å²) in [6.07, 6.45) is -0.500. The Bertz CT molecular complexity index is 189. The Kier molecular flexibility index (Phi) is 30.0. The Morgan fingerprint density at radius 2 is 0.542 bits per heavy atom. The van der Waals surface area contributed by atoms with Crippen molar-refractivity contribution in [3.63, 3.8) is 0 Å². The molecule has 150 valence electrons. The van der Waals surface area contributed by atoms with E-state index in [-0.39, 0.29) is 40.0 Å². The molecule has 0 spiro atoms. The van der Waals surface area contributed by atoms with Crippen molar-refractivity contribution in [3.05, 3.63) is 0 Å². The molecule has 0 aliphatic heterocycles. The minimum absolute atomic E-state index is 0. The summed E-state index contributed by atoms with van der Waals surface area (Å²) in [7, 11) is -1.98. The van der Waals surface area contributed by atoms with E-state index in [0.29, 0.717) is 16.6 Å². The largest absolute Gasteiger partial charge is 0.431 e. The number of aliphatic hydroxyl groups excluding tert-OH is 3. The SMILES string of the molecule is CC(C)O.CC(C)O.CC(C)O.CC(C)[Si](O)(C(C)C)C(C)C.[Ti]. The van der Waals surface area contributed by atoms with Crippen LogP contribution in [0.1, 0.15) is 83.1 Å². The zero-order valence-corrected chi connectivity index (χ0v) is 20.8. The standard InChI is InChI=1S/C9H22OSi.3C3H8O.Ti/c1-7(2)11(10,8(3)4)9(5)6;3*1-3(2)4;/h7-10H,1-6H3;3*3-4H,1-2H3;. The number of aliphatic hydroxyl groups is 3. The van der Waals surface area contributed by atoms with Crippen LogP contribution in [0.25, 0.3) is 0 Å². The van der Waals surface area contributed by atoms with Crippen molar-refractivity contribution in [2.75, 3.05) is 0 Å². The summed E-state index contributed by atoms with van der Waals surface area (Å²) in [5, 5.41) is 24.2. The van der Waals surface area contributed by atoms with E-state index in [1.807, 2.05) is 0 Å². The molecule has 0 aliphatic carbocycles. The first-order valence-electron chi connectivity index (χ1n) is 8.79. The summed E-state index contributed by atoms with van der Waals surface area (Å²) in [6.45, 7) is 23.2. The van der Waals surface area contributed by atoms with Crippen molar-refractivity contribution >= 4 is 8.32 Å². The molecule has 0 saturated heterocycles. The predicted molar refractivity (Wildman–Crippen MR) is 105 cm³/mol. The van der Waals surface area contributed by atoms with E-state index < -0.39 is 8.32 Å². The summed E-state index contributed by atoms with van der Waals surface area (Å²) in [5.74, 6) is 0. The molecule has 0 saturated carbocycles. The molecular formula is C18H46O4SiTi. The molecule has 0 rings (SSSR count). The Morgan fingerprint density at radius 1 is 0.458 bits per heavy atom.